The van der Waals surface area contributed by atoms with Gasteiger partial charge in [-0.3, -0.25) is 4.79 Å². The second kappa shape index (κ2) is 9.14. The molecule has 0 saturated carbocycles. The van der Waals surface area contributed by atoms with E-state index in [0.29, 0.717) is 23.2 Å². The minimum atomic E-state index is -1.12. The van der Waals surface area contributed by atoms with Crippen molar-refractivity contribution in [2.24, 2.45) is 0 Å². The topological polar surface area (TPSA) is 105 Å². The van der Waals surface area contributed by atoms with Gasteiger partial charge in [0, 0.05) is 18.4 Å². The fourth-order valence-electron chi connectivity index (χ4n) is 2.88. The number of aliphatic carboxylic acids is 1. The van der Waals surface area contributed by atoms with Crippen LogP contribution in [0, 0.1) is 0 Å². The molecule has 7 heteroatoms. The van der Waals surface area contributed by atoms with Gasteiger partial charge in [0.05, 0.1) is 0 Å². The van der Waals surface area contributed by atoms with Gasteiger partial charge in [-0.25, -0.2) is 4.79 Å². The van der Waals surface area contributed by atoms with Crippen molar-refractivity contribution in [3.8, 4) is 11.4 Å². The summed E-state index contributed by atoms with van der Waals surface area (Å²) >= 11 is 0. The first-order valence-corrected chi connectivity index (χ1v) is 9.44. The van der Waals surface area contributed by atoms with Crippen LogP contribution in [0.3, 0.4) is 0 Å². The average Bonchev–Trinajstić information content (AvgIpc) is 3.20. The molecule has 0 aliphatic heterocycles. The van der Waals surface area contributed by atoms with E-state index >= 15 is 0 Å². The molecule has 1 amide bonds. The maximum Gasteiger partial charge on any atom is 0.330 e. The molecule has 0 radical (unpaired) electrons. The van der Waals surface area contributed by atoms with Crippen LogP contribution < -0.4 is 5.32 Å². The molecule has 0 unspecified atom stereocenters. The maximum absolute atomic E-state index is 12.2. The van der Waals surface area contributed by atoms with E-state index in [0.717, 1.165) is 5.56 Å². The van der Waals surface area contributed by atoms with Gasteiger partial charge < -0.3 is 14.9 Å². The summed E-state index contributed by atoms with van der Waals surface area (Å²) in [5.41, 5.74) is 2.57. The van der Waals surface area contributed by atoms with E-state index in [9.17, 15) is 14.7 Å². The van der Waals surface area contributed by atoms with Crippen LogP contribution >= 0.6 is 0 Å². The van der Waals surface area contributed by atoms with Gasteiger partial charge in [0.25, 0.3) is 0 Å². The van der Waals surface area contributed by atoms with Crippen molar-refractivity contribution in [1.82, 2.24) is 15.5 Å². The van der Waals surface area contributed by atoms with Crippen LogP contribution in [-0.4, -0.2) is 27.1 Å². The van der Waals surface area contributed by atoms with E-state index in [1.165, 1.54) is 5.56 Å². The summed E-state index contributed by atoms with van der Waals surface area (Å²) in [6.45, 7) is 4.25. The fourth-order valence-corrected chi connectivity index (χ4v) is 2.88. The molecular formula is C22H23N3O4. The highest BCUT2D eigenvalue weighted by atomic mass is 16.5. The molecule has 7 nitrogen and oxygen atoms in total. The Labute approximate surface area is 168 Å². The lowest BCUT2D eigenvalue weighted by molar-refractivity contribution is -0.142. The lowest BCUT2D eigenvalue weighted by Crippen LogP contribution is -2.33. The average molecular weight is 393 g/mol. The number of aromatic nitrogens is 2. The van der Waals surface area contributed by atoms with Crippen LogP contribution in [0.1, 0.15) is 49.2 Å². The molecule has 1 atom stereocenters. The number of carboxylic acids is 1. The van der Waals surface area contributed by atoms with Gasteiger partial charge in [-0.2, -0.15) is 4.98 Å². The number of amides is 1. The van der Waals surface area contributed by atoms with Crippen LogP contribution in [0.5, 0.6) is 0 Å². The Kier molecular flexibility index (Phi) is 6.39. The van der Waals surface area contributed by atoms with Crippen LogP contribution in [0.2, 0.25) is 0 Å². The zero-order chi connectivity index (χ0) is 20.8. The van der Waals surface area contributed by atoms with Crippen LogP contribution in [0.4, 0.5) is 0 Å². The van der Waals surface area contributed by atoms with E-state index < -0.39 is 17.9 Å². The van der Waals surface area contributed by atoms with Crippen molar-refractivity contribution in [1.29, 1.82) is 0 Å². The van der Waals surface area contributed by atoms with Gasteiger partial charge >= 0.3 is 5.97 Å². The first-order valence-electron chi connectivity index (χ1n) is 9.44. The third kappa shape index (κ3) is 5.28. The summed E-state index contributed by atoms with van der Waals surface area (Å²) in [5.74, 6) is -0.288. The lowest BCUT2D eigenvalue weighted by Gasteiger charge is -2.14. The van der Waals surface area contributed by atoms with Gasteiger partial charge in [0.2, 0.25) is 17.6 Å². The molecular weight excluding hydrogens is 370 g/mol. The summed E-state index contributed by atoms with van der Waals surface area (Å²) in [6.07, 6.45) is 0.272. The van der Waals surface area contributed by atoms with Crippen molar-refractivity contribution >= 4 is 11.9 Å². The summed E-state index contributed by atoms with van der Waals surface area (Å²) in [4.78, 5) is 28.0. The van der Waals surface area contributed by atoms with Crippen LogP contribution in [-0.2, 0) is 16.0 Å². The highest BCUT2D eigenvalue weighted by Crippen LogP contribution is 2.21. The number of hydrogen-bond donors (Lipinski definition) is 2. The molecule has 0 bridgehead atoms. The molecule has 150 valence electrons. The Hall–Kier alpha value is -3.48. The third-order valence-electron chi connectivity index (χ3n) is 4.55. The van der Waals surface area contributed by atoms with Crippen molar-refractivity contribution in [3.05, 3.63) is 71.6 Å². The monoisotopic (exact) mass is 393 g/mol. The zero-order valence-electron chi connectivity index (χ0n) is 16.3. The molecule has 0 aliphatic rings. The smallest absolute Gasteiger partial charge is 0.330 e. The molecule has 1 heterocycles. The highest BCUT2D eigenvalue weighted by Gasteiger charge is 2.22. The highest BCUT2D eigenvalue weighted by molar-refractivity contribution is 5.84. The first-order chi connectivity index (χ1) is 13.9. The predicted octanol–water partition coefficient (Wildman–Crippen LogP) is 3.73. The van der Waals surface area contributed by atoms with Crippen LogP contribution in [0.25, 0.3) is 11.4 Å². The number of carboxylic acid groups (broad SMARTS) is 1. The van der Waals surface area contributed by atoms with Crippen molar-refractivity contribution in [3.63, 3.8) is 0 Å². The standard InChI is InChI=1S/C22H23N3O4/c1-14(2)15-8-10-17(11-9-15)21-24-19(29-25-21)13-12-18(26)23-20(22(27)28)16-6-4-3-5-7-16/h3-11,14,20H,12-13H2,1-2H3,(H,23,26)(H,27,28)/t20-/m1/s1. The van der Waals surface area contributed by atoms with Crippen LogP contribution in [0.15, 0.2) is 59.1 Å². The van der Waals surface area contributed by atoms with Gasteiger partial charge in [0.1, 0.15) is 0 Å². The molecule has 1 aromatic heterocycles. The van der Waals surface area contributed by atoms with E-state index in [4.69, 9.17) is 4.52 Å². The number of hydrogen-bond acceptors (Lipinski definition) is 5. The molecule has 2 N–H and O–H groups in total. The molecule has 0 aliphatic carbocycles. The number of aryl methyl sites for hydroxylation is 1. The normalized spacial score (nSPS) is 12.0. The second-order valence-electron chi connectivity index (χ2n) is 7.04. The van der Waals surface area contributed by atoms with Crippen molar-refractivity contribution < 1.29 is 19.2 Å². The summed E-state index contributed by atoms with van der Waals surface area (Å²) < 4.78 is 5.23. The van der Waals surface area contributed by atoms with Gasteiger partial charge in [-0.1, -0.05) is 73.6 Å². The summed E-state index contributed by atoms with van der Waals surface area (Å²) in [7, 11) is 0. The van der Waals surface area contributed by atoms with Gasteiger partial charge in [-0.15, -0.1) is 0 Å². The Morgan fingerprint density at radius 1 is 1.03 bits per heavy atom. The lowest BCUT2D eigenvalue weighted by atomic mass is 10.0. The molecule has 3 rings (SSSR count). The largest absolute Gasteiger partial charge is 0.479 e. The number of carbonyl (C=O) groups is 2. The molecule has 3 aromatic rings. The summed E-state index contributed by atoms with van der Waals surface area (Å²) in [6, 6.07) is 15.4. The third-order valence-corrected chi connectivity index (χ3v) is 4.55. The minimum Gasteiger partial charge on any atom is -0.479 e. The molecule has 0 fully saturated rings. The van der Waals surface area contributed by atoms with Gasteiger partial charge in [-0.05, 0) is 17.0 Å². The quantitative estimate of drug-likeness (QED) is 0.604. The predicted molar refractivity (Wildman–Crippen MR) is 107 cm³/mol. The number of rotatable bonds is 8. The van der Waals surface area contributed by atoms with E-state index in [2.05, 4.69) is 29.3 Å². The second-order valence-corrected chi connectivity index (χ2v) is 7.04. The fraction of sp³-hybridized carbons (Fsp3) is 0.273. The molecule has 0 spiro atoms. The molecule has 0 saturated heterocycles. The number of nitrogens with one attached hydrogen (secondary N) is 1. The van der Waals surface area contributed by atoms with Crippen molar-refractivity contribution in [2.45, 2.75) is 38.6 Å². The molecule has 2 aromatic carbocycles. The SMILES string of the molecule is CC(C)c1ccc(-c2noc(CCC(=O)N[C@@H](C(=O)O)c3ccccc3)n2)cc1. The van der Waals surface area contributed by atoms with Crippen molar-refractivity contribution in [2.75, 3.05) is 0 Å². The Balaban J connectivity index is 1.58. The minimum absolute atomic E-state index is 0.0462. The first kappa shape index (κ1) is 20.3. The number of benzene rings is 2. The van der Waals surface area contributed by atoms with E-state index in [1.807, 2.05) is 24.3 Å². The van der Waals surface area contributed by atoms with Gasteiger partial charge in [0.15, 0.2) is 6.04 Å². The Morgan fingerprint density at radius 3 is 2.34 bits per heavy atom. The Bertz CT molecular complexity index is 965. The summed E-state index contributed by atoms with van der Waals surface area (Å²) in [5, 5.41) is 15.9. The van der Waals surface area contributed by atoms with E-state index in [-0.39, 0.29) is 12.8 Å². The van der Waals surface area contributed by atoms with E-state index in [1.54, 1.807) is 30.3 Å². The molecule has 29 heavy (non-hydrogen) atoms. The number of carbonyl (C=O) groups excluding carboxylic acids is 1. The zero-order valence-corrected chi connectivity index (χ0v) is 16.3. The maximum atomic E-state index is 12.2. The number of nitrogens with zero attached hydrogens (tertiary/aromatic N) is 2. The Morgan fingerprint density at radius 2 is 1.72 bits per heavy atom.